The maximum Gasteiger partial charge on any atom is 0.372 e. The first-order valence-corrected chi connectivity index (χ1v) is 6.91. The molecule has 8 heteroatoms. The van der Waals surface area contributed by atoms with Crippen LogP contribution in [0.1, 0.15) is 16.8 Å². The van der Waals surface area contributed by atoms with Gasteiger partial charge in [0.05, 0.1) is 11.9 Å². The molecule has 1 heterocycles. The summed E-state index contributed by atoms with van der Waals surface area (Å²) in [5.41, 5.74) is 0.520. The zero-order valence-electron chi connectivity index (χ0n) is 12.4. The number of fused-ring (bicyclic) bond motifs is 1. The van der Waals surface area contributed by atoms with Crippen molar-refractivity contribution in [2.24, 2.45) is 0 Å². The number of amides is 1. The number of aliphatic carboxylic acids is 1. The Morgan fingerprint density at radius 2 is 1.87 bits per heavy atom. The number of carboxylic acids is 1. The van der Waals surface area contributed by atoms with Crippen LogP contribution in [0, 0.1) is 0 Å². The van der Waals surface area contributed by atoms with E-state index < -0.39 is 24.0 Å². The lowest BCUT2D eigenvalue weighted by atomic mass is 10.1. The summed E-state index contributed by atoms with van der Waals surface area (Å²) < 4.78 is 1.25. The summed E-state index contributed by atoms with van der Waals surface area (Å²) in [6, 6.07) is 4.25. The fourth-order valence-electron chi connectivity index (χ4n) is 2.11. The predicted octanol–water partition coefficient (Wildman–Crippen LogP) is 2.05. The van der Waals surface area contributed by atoms with Crippen molar-refractivity contribution < 1.29 is 24.3 Å². The van der Waals surface area contributed by atoms with E-state index in [4.69, 9.17) is 16.7 Å². The zero-order chi connectivity index (χ0) is 17.3. The molecule has 0 bridgehead atoms. The normalized spacial score (nSPS) is 10.6. The van der Waals surface area contributed by atoms with Crippen LogP contribution in [0.2, 0.25) is 5.02 Å². The van der Waals surface area contributed by atoms with E-state index in [-0.39, 0.29) is 11.6 Å². The molecule has 0 radical (unpaired) electrons. The van der Waals surface area contributed by atoms with Crippen molar-refractivity contribution in [3.05, 3.63) is 35.0 Å². The van der Waals surface area contributed by atoms with Gasteiger partial charge in [-0.15, -0.1) is 0 Å². The highest BCUT2D eigenvalue weighted by Crippen LogP contribution is 2.26. The van der Waals surface area contributed by atoms with Gasteiger partial charge < -0.3 is 10.0 Å². The number of hydrogen-bond donors (Lipinski definition) is 1. The molecule has 1 amide bonds. The Balaban J connectivity index is 2.57. The molecule has 0 unspecified atom stereocenters. The Morgan fingerprint density at radius 3 is 2.43 bits per heavy atom. The minimum absolute atomic E-state index is 0.0762. The number of hydrogen-bond acceptors (Lipinski definition) is 4. The average molecular weight is 337 g/mol. The Morgan fingerprint density at radius 1 is 1.22 bits per heavy atom. The Hall–Kier alpha value is -2.67. The Kier molecular flexibility index (Phi) is 4.51. The molecule has 0 atom stereocenters. The van der Waals surface area contributed by atoms with Crippen LogP contribution in [-0.4, -0.2) is 52.2 Å². The lowest BCUT2D eigenvalue weighted by Crippen LogP contribution is -2.26. The van der Waals surface area contributed by atoms with Crippen LogP contribution in [0.5, 0.6) is 0 Å². The SMILES string of the molecule is CN(C)C(=O)n1cc(C(=O)CC(=O)C(=O)O)c2cc(Cl)ccc21. The van der Waals surface area contributed by atoms with Crippen molar-refractivity contribution in [1.29, 1.82) is 0 Å². The van der Waals surface area contributed by atoms with Crippen molar-refractivity contribution in [3.63, 3.8) is 0 Å². The third-order valence-electron chi connectivity index (χ3n) is 3.22. The largest absolute Gasteiger partial charge is 0.475 e. The minimum Gasteiger partial charge on any atom is -0.475 e. The number of carboxylic acid groups (broad SMARTS) is 1. The average Bonchev–Trinajstić information content (AvgIpc) is 2.84. The van der Waals surface area contributed by atoms with Crippen LogP contribution >= 0.6 is 11.6 Å². The number of Topliss-reactive ketones (excluding diaryl/α,β-unsaturated/α-hetero) is 2. The van der Waals surface area contributed by atoms with E-state index in [1.165, 1.54) is 21.7 Å². The summed E-state index contributed by atoms with van der Waals surface area (Å²) in [6.07, 6.45) is 0.512. The number of aromatic nitrogens is 1. The van der Waals surface area contributed by atoms with E-state index in [1.807, 2.05) is 0 Å². The molecule has 1 aromatic heterocycles. The summed E-state index contributed by atoms with van der Waals surface area (Å²) >= 11 is 5.93. The summed E-state index contributed by atoms with van der Waals surface area (Å²) in [6.45, 7) is 0. The molecule has 0 aliphatic heterocycles. The van der Waals surface area contributed by atoms with Gasteiger partial charge in [0.1, 0.15) is 0 Å². The van der Waals surface area contributed by atoms with E-state index in [0.717, 1.165) is 0 Å². The maximum absolute atomic E-state index is 12.2. The lowest BCUT2D eigenvalue weighted by molar-refractivity contribution is -0.148. The Bertz CT molecular complexity index is 838. The van der Waals surface area contributed by atoms with Crippen LogP contribution in [0.3, 0.4) is 0 Å². The van der Waals surface area contributed by atoms with Crippen LogP contribution in [0.25, 0.3) is 10.9 Å². The molecule has 120 valence electrons. The van der Waals surface area contributed by atoms with Gasteiger partial charge in [-0.3, -0.25) is 14.2 Å². The van der Waals surface area contributed by atoms with Crippen LogP contribution in [0.4, 0.5) is 4.79 Å². The monoisotopic (exact) mass is 336 g/mol. The second kappa shape index (κ2) is 6.21. The summed E-state index contributed by atoms with van der Waals surface area (Å²) in [5.74, 6) is -3.57. The molecule has 7 nitrogen and oxygen atoms in total. The van der Waals surface area contributed by atoms with Crippen molar-refractivity contribution in [2.45, 2.75) is 6.42 Å². The quantitative estimate of drug-likeness (QED) is 0.523. The fraction of sp³-hybridized carbons (Fsp3) is 0.200. The van der Waals surface area contributed by atoms with E-state index in [2.05, 4.69) is 0 Å². The van der Waals surface area contributed by atoms with Crippen LogP contribution < -0.4 is 0 Å². The van der Waals surface area contributed by atoms with E-state index in [9.17, 15) is 19.2 Å². The van der Waals surface area contributed by atoms with Crippen molar-refractivity contribution in [1.82, 2.24) is 9.47 Å². The lowest BCUT2D eigenvalue weighted by Gasteiger charge is -2.11. The number of carbonyl (C=O) groups is 4. The van der Waals surface area contributed by atoms with Gasteiger partial charge in [-0.25, -0.2) is 9.59 Å². The van der Waals surface area contributed by atoms with Gasteiger partial charge in [0, 0.05) is 36.3 Å². The standard InChI is InChI=1S/C15H13ClN2O5/c1-17(2)15(23)18-7-10(12(19)6-13(20)14(21)22)9-5-8(16)3-4-11(9)18/h3-5,7H,6H2,1-2H3,(H,21,22). The van der Waals surface area contributed by atoms with E-state index in [0.29, 0.717) is 15.9 Å². The first kappa shape index (κ1) is 16.7. The van der Waals surface area contributed by atoms with Gasteiger partial charge in [-0.1, -0.05) is 11.6 Å². The summed E-state index contributed by atoms with van der Waals surface area (Å²) in [5, 5.41) is 9.35. The molecule has 0 fully saturated rings. The Labute approximate surface area is 136 Å². The number of rotatable bonds is 4. The van der Waals surface area contributed by atoms with Gasteiger partial charge >= 0.3 is 12.0 Å². The topological polar surface area (TPSA) is 96.7 Å². The number of carbonyl (C=O) groups excluding carboxylic acids is 3. The van der Waals surface area contributed by atoms with Crippen molar-refractivity contribution in [3.8, 4) is 0 Å². The minimum atomic E-state index is -1.68. The van der Waals surface area contributed by atoms with Crippen molar-refractivity contribution in [2.75, 3.05) is 14.1 Å². The maximum atomic E-state index is 12.2. The molecule has 1 aromatic carbocycles. The van der Waals surface area contributed by atoms with Gasteiger partial charge in [0.2, 0.25) is 5.78 Å². The third kappa shape index (κ3) is 3.24. The molecule has 0 spiro atoms. The molecule has 1 N–H and O–H groups in total. The first-order valence-electron chi connectivity index (χ1n) is 6.54. The van der Waals surface area contributed by atoms with Crippen molar-refractivity contribution >= 4 is 46.1 Å². The third-order valence-corrected chi connectivity index (χ3v) is 3.45. The van der Waals surface area contributed by atoms with Gasteiger partial charge in [-0.05, 0) is 18.2 Å². The summed E-state index contributed by atoms with van der Waals surface area (Å²) in [7, 11) is 3.11. The smallest absolute Gasteiger partial charge is 0.372 e. The second-order valence-electron chi connectivity index (χ2n) is 5.08. The number of ketones is 2. The molecule has 0 saturated heterocycles. The van der Waals surface area contributed by atoms with Crippen LogP contribution in [0.15, 0.2) is 24.4 Å². The number of halogens is 1. The molecule has 2 aromatic rings. The second-order valence-corrected chi connectivity index (χ2v) is 5.52. The number of nitrogens with zero attached hydrogens (tertiary/aromatic N) is 2. The molecule has 0 aliphatic rings. The molecule has 2 rings (SSSR count). The highest BCUT2D eigenvalue weighted by molar-refractivity contribution is 6.38. The van der Waals surface area contributed by atoms with E-state index >= 15 is 0 Å². The van der Waals surface area contributed by atoms with Gasteiger partial charge in [-0.2, -0.15) is 0 Å². The molecular weight excluding hydrogens is 324 g/mol. The molecule has 0 aliphatic carbocycles. The highest BCUT2D eigenvalue weighted by Gasteiger charge is 2.23. The predicted molar refractivity (Wildman–Crippen MR) is 83.0 cm³/mol. The number of benzene rings is 1. The molecule has 23 heavy (non-hydrogen) atoms. The highest BCUT2D eigenvalue weighted by atomic mass is 35.5. The first-order chi connectivity index (χ1) is 10.7. The van der Waals surface area contributed by atoms with E-state index in [1.54, 1.807) is 26.2 Å². The van der Waals surface area contributed by atoms with Gasteiger partial charge in [0.25, 0.3) is 0 Å². The summed E-state index contributed by atoms with van der Waals surface area (Å²) in [4.78, 5) is 47.6. The van der Waals surface area contributed by atoms with Crippen LogP contribution in [-0.2, 0) is 9.59 Å². The molecular formula is C15H13ClN2O5. The fourth-order valence-corrected chi connectivity index (χ4v) is 2.29. The molecule has 0 saturated carbocycles. The zero-order valence-corrected chi connectivity index (χ0v) is 13.1. The van der Waals surface area contributed by atoms with Gasteiger partial charge in [0.15, 0.2) is 5.78 Å².